The minimum absolute atomic E-state index is 0.0101. The predicted molar refractivity (Wildman–Crippen MR) is 149 cm³/mol. The van der Waals surface area contributed by atoms with Crippen LogP contribution >= 0.6 is 11.6 Å². The second kappa shape index (κ2) is 11.9. The van der Waals surface area contributed by atoms with Gasteiger partial charge in [-0.3, -0.25) is 19.7 Å². The molecular weight excluding hydrogens is 493 g/mol. The fraction of sp³-hybridized carbons (Fsp3) is 0.393. The number of likely N-dealkylation sites (tertiary alicyclic amines) is 1. The second-order valence-corrected chi connectivity index (χ2v) is 10.1. The summed E-state index contributed by atoms with van der Waals surface area (Å²) in [6, 6.07) is 7.69. The van der Waals surface area contributed by atoms with Crippen LogP contribution < -0.4 is 15.4 Å². The lowest BCUT2D eigenvalue weighted by molar-refractivity contribution is -0.112. The van der Waals surface area contributed by atoms with Gasteiger partial charge < -0.3 is 15.4 Å². The largest absolute Gasteiger partial charge is 0.494 e. The topological polar surface area (TPSA) is 78.3 Å². The predicted octanol–water partition coefficient (Wildman–Crippen LogP) is 6.07. The van der Waals surface area contributed by atoms with Gasteiger partial charge in [0.05, 0.1) is 23.5 Å². The Morgan fingerprint density at radius 1 is 1.22 bits per heavy atom. The Bertz CT molecular complexity index is 1220. The van der Waals surface area contributed by atoms with Gasteiger partial charge in [0.15, 0.2) is 0 Å². The van der Waals surface area contributed by atoms with Crippen molar-refractivity contribution in [1.29, 1.82) is 0 Å². The Kier molecular flexibility index (Phi) is 8.61. The minimum Gasteiger partial charge on any atom is -0.494 e. The number of carbonyl (C=O) groups excluding carboxylic acids is 1. The monoisotopic (exact) mass is 525 g/mol. The Morgan fingerprint density at radius 2 is 1.97 bits per heavy atom. The number of amidine groups is 1. The van der Waals surface area contributed by atoms with Crippen LogP contribution in [-0.4, -0.2) is 57.2 Å². The SMILES string of the molecule is C=Nc1cc(OC)c(NC(=O)/C=C/CN2CC3(CCCCC3)C2)cc1C(=NC)Nc1ccc(F)c(Cl)c1. The van der Waals surface area contributed by atoms with Gasteiger partial charge in [-0.15, -0.1) is 0 Å². The molecular formula is C28H33ClFN5O2. The molecule has 196 valence electrons. The number of carbonyl (C=O) groups is 1. The van der Waals surface area contributed by atoms with Gasteiger partial charge in [0.25, 0.3) is 0 Å². The van der Waals surface area contributed by atoms with Crippen LogP contribution in [0.4, 0.5) is 21.5 Å². The number of nitrogens with one attached hydrogen (secondary N) is 2. The Morgan fingerprint density at radius 3 is 2.62 bits per heavy atom. The molecule has 0 aromatic heterocycles. The van der Waals surface area contributed by atoms with Gasteiger partial charge in [0.1, 0.15) is 17.4 Å². The number of anilines is 2. The summed E-state index contributed by atoms with van der Waals surface area (Å²) in [5.41, 5.74) is 2.61. The molecule has 1 saturated heterocycles. The summed E-state index contributed by atoms with van der Waals surface area (Å²) < 4.78 is 19.1. The van der Waals surface area contributed by atoms with Gasteiger partial charge in [0.2, 0.25) is 5.91 Å². The van der Waals surface area contributed by atoms with Crippen LogP contribution in [0.3, 0.4) is 0 Å². The molecule has 0 unspecified atom stereocenters. The Balaban J connectivity index is 1.45. The van der Waals surface area contributed by atoms with Crippen LogP contribution in [-0.2, 0) is 4.79 Å². The van der Waals surface area contributed by atoms with Gasteiger partial charge in [-0.25, -0.2) is 4.39 Å². The van der Waals surface area contributed by atoms with Gasteiger partial charge in [0, 0.05) is 50.1 Å². The number of benzene rings is 2. The van der Waals surface area contributed by atoms with E-state index in [1.807, 2.05) is 6.08 Å². The molecule has 1 aliphatic carbocycles. The average Bonchev–Trinajstić information content (AvgIpc) is 2.88. The van der Waals surface area contributed by atoms with E-state index in [1.165, 1.54) is 51.3 Å². The molecule has 2 N–H and O–H groups in total. The number of ether oxygens (including phenoxy) is 1. The number of nitrogens with zero attached hydrogens (tertiary/aromatic N) is 3. The highest BCUT2D eigenvalue weighted by molar-refractivity contribution is 6.31. The quantitative estimate of drug-likeness (QED) is 0.249. The third-order valence-corrected chi connectivity index (χ3v) is 7.36. The van der Waals surface area contributed by atoms with Gasteiger partial charge in [-0.2, -0.15) is 0 Å². The Hall–Kier alpha value is -3.23. The number of aliphatic imine (C=N–C) groups is 2. The maximum absolute atomic E-state index is 13.6. The van der Waals surface area contributed by atoms with E-state index in [-0.39, 0.29) is 10.9 Å². The molecule has 9 heteroatoms. The zero-order chi connectivity index (χ0) is 26.4. The molecule has 2 fully saturated rings. The van der Waals surface area contributed by atoms with E-state index in [1.54, 1.807) is 31.3 Å². The van der Waals surface area contributed by atoms with Crippen LogP contribution in [0.5, 0.6) is 5.75 Å². The number of hydrogen-bond donors (Lipinski definition) is 2. The molecule has 0 bridgehead atoms. The maximum atomic E-state index is 13.6. The third kappa shape index (κ3) is 6.37. The third-order valence-electron chi connectivity index (χ3n) is 7.07. The van der Waals surface area contributed by atoms with Crippen LogP contribution in [0.2, 0.25) is 5.02 Å². The fourth-order valence-electron chi connectivity index (χ4n) is 5.24. The molecule has 2 aromatic carbocycles. The summed E-state index contributed by atoms with van der Waals surface area (Å²) in [5, 5.41) is 6.01. The standard InChI is InChI=1S/C28H33ClFN5O2/c1-31-23-16-25(37-3)24(15-20(23)27(32-2)33-19-9-10-22(30)21(29)14-19)34-26(36)8-7-13-35-17-28(18-35)11-5-4-6-12-28/h7-10,14-16H,1,4-6,11-13,17-18H2,2-3H3,(H,32,33)(H,34,36)/b8-7+. The molecule has 2 aliphatic rings. The van der Waals surface area contributed by atoms with E-state index < -0.39 is 5.82 Å². The second-order valence-electron chi connectivity index (χ2n) is 9.68. The zero-order valence-electron chi connectivity index (χ0n) is 21.3. The van der Waals surface area contributed by atoms with E-state index in [0.717, 1.165) is 19.6 Å². The van der Waals surface area contributed by atoms with Crippen molar-refractivity contribution < 1.29 is 13.9 Å². The van der Waals surface area contributed by atoms with Gasteiger partial charge in [-0.1, -0.05) is 36.9 Å². The first kappa shape index (κ1) is 26.8. The first-order valence-electron chi connectivity index (χ1n) is 12.4. The van der Waals surface area contributed by atoms with E-state index in [2.05, 4.69) is 32.2 Å². The van der Waals surface area contributed by atoms with Crippen LogP contribution in [0.25, 0.3) is 0 Å². The summed E-state index contributed by atoms with van der Waals surface area (Å²) in [7, 11) is 3.13. The first-order valence-corrected chi connectivity index (χ1v) is 12.8. The van der Waals surface area contributed by atoms with Crippen molar-refractivity contribution in [2.75, 3.05) is 44.4 Å². The molecule has 4 rings (SSSR count). The molecule has 0 radical (unpaired) electrons. The molecule has 1 aliphatic heterocycles. The summed E-state index contributed by atoms with van der Waals surface area (Å²) in [6.07, 6.45) is 10.2. The average molecular weight is 526 g/mol. The normalized spacial score (nSPS) is 17.5. The highest BCUT2D eigenvalue weighted by Crippen LogP contribution is 2.43. The summed E-state index contributed by atoms with van der Waals surface area (Å²) in [4.78, 5) is 23.5. The van der Waals surface area contributed by atoms with Crippen LogP contribution in [0.1, 0.15) is 37.7 Å². The van der Waals surface area contributed by atoms with Crippen molar-refractivity contribution in [2.45, 2.75) is 32.1 Å². The van der Waals surface area contributed by atoms with Gasteiger partial charge in [-0.05, 0) is 49.2 Å². The molecule has 1 heterocycles. The molecule has 37 heavy (non-hydrogen) atoms. The van der Waals surface area contributed by atoms with E-state index in [0.29, 0.717) is 39.6 Å². The van der Waals surface area contributed by atoms with Crippen molar-refractivity contribution in [1.82, 2.24) is 4.90 Å². The van der Waals surface area contributed by atoms with Gasteiger partial charge >= 0.3 is 0 Å². The maximum Gasteiger partial charge on any atom is 0.248 e. The van der Waals surface area contributed by atoms with Crippen molar-refractivity contribution in [2.24, 2.45) is 15.4 Å². The summed E-state index contributed by atoms with van der Waals surface area (Å²) in [6.45, 7) is 6.65. The number of rotatable bonds is 8. The molecule has 2 aromatic rings. The van der Waals surface area contributed by atoms with Crippen molar-refractivity contribution in [3.63, 3.8) is 0 Å². The number of amides is 1. The van der Waals surface area contributed by atoms with Crippen molar-refractivity contribution in [3.8, 4) is 5.75 Å². The summed E-state index contributed by atoms with van der Waals surface area (Å²) in [5.74, 6) is 0.105. The fourth-order valence-corrected chi connectivity index (χ4v) is 5.42. The van der Waals surface area contributed by atoms with E-state index in [4.69, 9.17) is 16.3 Å². The number of hydrogen-bond acceptors (Lipinski definition) is 5. The van der Waals surface area contributed by atoms with Crippen molar-refractivity contribution >= 4 is 47.1 Å². The van der Waals surface area contributed by atoms with E-state index in [9.17, 15) is 9.18 Å². The zero-order valence-corrected chi connectivity index (χ0v) is 22.1. The lowest BCUT2D eigenvalue weighted by Crippen LogP contribution is -2.56. The molecule has 1 saturated carbocycles. The number of methoxy groups -OCH3 is 1. The molecule has 1 spiro atoms. The first-order chi connectivity index (χ1) is 17.9. The molecule has 1 amide bonds. The lowest BCUT2D eigenvalue weighted by Gasteiger charge is -2.52. The minimum atomic E-state index is -0.513. The van der Waals surface area contributed by atoms with Crippen LogP contribution in [0.15, 0.2) is 52.5 Å². The van der Waals surface area contributed by atoms with Crippen LogP contribution in [0, 0.1) is 11.2 Å². The highest BCUT2D eigenvalue weighted by Gasteiger charge is 2.42. The Labute approximate surface area is 222 Å². The highest BCUT2D eigenvalue weighted by atomic mass is 35.5. The van der Waals surface area contributed by atoms with E-state index >= 15 is 0 Å². The lowest BCUT2D eigenvalue weighted by atomic mass is 9.69. The van der Waals surface area contributed by atoms with Crippen molar-refractivity contribution in [3.05, 3.63) is 58.9 Å². The number of halogens is 2. The molecule has 0 atom stereocenters. The smallest absolute Gasteiger partial charge is 0.248 e. The molecule has 7 nitrogen and oxygen atoms in total. The summed E-state index contributed by atoms with van der Waals surface area (Å²) >= 11 is 5.92.